The molecule has 0 radical (unpaired) electrons. The Morgan fingerprint density at radius 2 is 1.82 bits per heavy atom. The molecule has 140 valence electrons. The van der Waals surface area contributed by atoms with Crippen LogP contribution in [-0.2, 0) is 7.05 Å². The van der Waals surface area contributed by atoms with Crippen LogP contribution < -0.4 is 10.9 Å². The zero-order valence-corrected chi connectivity index (χ0v) is 15.6. The van der Waals surface area contributed by atoms with Crippen LogP contribution >= 0.6 is 0 Å². The monoisotopic (exact) mass is 371 g/mol. The fourth-order valence-corrected chi connectivity index (χ4v) is 3.46. The summed E-state index contributed by atoms with van der Waals surface area (Å²) < 4.78 is 1.44. The molecule has 0 aliphatic carbocycles. The van der Waals surface area contributed by atoms with Gasteiger partial charge >= 0.3 is 0 Å². The fourth-order valence-electron chi connectivity index (χ4n) is 3.46. The van der Waals surface area contributed by atoms with Gasteiger partial charge in [-0.15, -0.1) is 0 Å². The number of carbonyl (C=O) groups is 1. The summed E-state index contributed by atoms with van der Waals surface area (Å²) in [6, 6.07) is 21.3. The molecule has 2 aromatic heterocycles. The Labute approximate surface area is 162 Å². The number of hydrogen-bond acceptors (Lipinski definition) is 2. The van der Waals surface area contributed by atoms with Gasteiger partial charge in [0.2, 0.25) is 0 Å². The molecule has 0 fully saturated rings. The molecule has 2 heterocycles. The third-order valence-corrected chi connectivity index (χ3v) is 5.03. The van der Waals surface area contributed by atoms with Crippen LogP contribution in [0.15, 0.2) is 83.9 Å². The highest BCUT2D eigenvalue weighted by molar-refractivity contribution is 5.94. The molecule has 0 saturated carbocycles. The average Bonchev–Trinajstić information content (AvgIpc) is 3.15. The van der Waals surface area contributed by atoms with Gasteiger partial charge in [-0.3, -0.25) is 9.59 Å². The van der Waals surface area contributed by atoms with E-state index in [1.165, 1.54) is 10.6 Å². The molecular formula is C23H21N3O2. The molecule has 0 unspecified atom stereocenters. The van der Waals surface area contributed by atoms with Gasteiger partial charge in [-0.2, -0.15) is 0 Å². The molecule has 5 heteroatoms. The maximum absolute atomic E-state index is 12.6. The summed E-state index contributed by atoms with van der Waals surface area (Å²) in [6.45, 7) is 0.430. The number of para-hydroxylation sites is 1. The summed E-state index contributed by atoms with van der Waals surface area (Å²) in [5.74, 6) is -0.258. The van der Waals surface area contributed by atoms with Crippen molar-refractivity contribution in [2.45, 2.75) is 5.92 Å². The van der Waals surface area contributed by atoms with Crippen molar-refractivity contribution in [2.75, 3.05) is 6.54 Å². The van der Waals surface area contributed by atoms with E-state index in [4.69, 9.17) is 0 Å². The van der Waals surface area contributed by atoms with Crippen molar-refractivity contribution in [2.24, 2.45) is 7.05 Å². The second-order valence-corrected chi connectivity index (χ2v) is 6.83. The van der Waals surface area contributed by atoms with Gasteiger partial charge in [-0.25, -0.2) is 0 Å². The number of benzene rings is 2. The van der Waals surface area contributed by atoms with Gasteiger partial charge < -0.3 is 14.9 Å². The van der Waals surface area contributed by atoms with Crippen molar-refractivity contribution < 1.29 is 4.79 Å². The predicted molar refractivity (Wildman–Crippen MR) is 111 cm³/mol. The number of amides is 1. The lowest BCUT2D eigenvalue weighted by Gasteiger charge is -2.18. The van der Waals surface area contributed by atoms with Gasteiger partial charge in [-0.1, -0.05) is 48.5 Å². The number of nitrogens with zero attached hydrogens (tertiary/aromatic N) is 1. The SMILES string of the molecule is Cn1ccc(C(=O)NC[C@@H](c2ccccc2)c2c[nH]c3ccccc23)cc1=O. The van der Waals surface area contributed by atoms with E-state index in [2.05, 4.69) is 28.5 Å². The zero-order valence-electron chi connectivity index (χ0n) is 15.6. The second kappa shape index (κ2) is 7.56. The molecular weight excluding hydrogens is 350 g/mol. The topological polar surface area (TPSA) is 66.9 Å². The number of carbonyl (C=O) groups excluding carboxylic acids is 1. The summed E-state index contributed by atoms with van der Waals surface area (Å²) in [7, 11) is 1.66. The summed E-state index contributed by atoms with van der Waals surface area (Å²) in [5.41, 5.74) is 3.48. The quantitative estimate of drug-likeness (QED) is 0.564. The van der Waals surface area contributed by atoms with E-state index >= 15 is 0 Å². The number of H-pyrrole nitrogens is 1. The number of hydrogen-bond donors (Lipinski definition) is 2. The number of aromatic amines is 1. The normalized spacial score (nSPS) is 12.0. The van der Waals surface area contributed by atoms with E-state index in [0.717, 1.165) is 22.0 Å². The molecule has 4 aromatic rings. The van der Waals surface area contributed by atoms with Crippen LogP contribution in [0, 0.1) is 0 Å². The first-order chi connectivity index (χ1) is 13.6. The van der Waals surface area contributed by atoms with Gasteiger partial charge in [0, 0.05) is 54.4 Å². The molecule has 1 atom stereocenters. The highest BCUT2D eigenvalue weighted by Gasteiger charge is 2.19. The summed E-state index contributed by atoms with van der Waals surface area (Å²) >= 11 is 0. The molecule has 2 aromatic carbocycles. The van der Waals surface area contributed by atoms with Gasteiger partial charge in [0.05, 0.1) is 0 Å². The van der Waals surface area contributed by atoms with Crippen LogP contribution in [0.25, 0.3) is 10.9 Å². The van der Waals surface area contributed by atoms with E-state index in [9.17, 15) is 9.59 Å². The van der Waals surface area contributed by atoms with Gasteiger partial charge in [0.25, 0.3) is 11.5 Å². The van der Waals surface area contributed by atoms with E-state index in [-0.39, 0.29) is 17.4 Å². The second-order valence-electron chi connectivity index (χ2n) is 6.83. The van der Waals surface area contributed by atoms with Crippen molar-refractivity contribution in [3.05, 3.63) is 106 Å². The Hall–Kier alpha value is -3.60. The largest absolute Gasteiger partial charge is 0.361 e. The minimum absolute atomic E-state index is 0.00662. The van der Waals surface area contributed by atoms with Crippen molar-refractivity contribution in [3.8, 4) is 0 Å². The van der Waals surface area contributed by atoms with Gasteiger partial charge in [0.1, 0.15) is 0 Å². The van der Waals surface area contributed by atoms with Crippen molar-refractivity contribution in [3.63, 3.8) is 0 Å². The van der Waals surface area contributed by atoms with Crippen molar-refractivity contribution in [1.29, 1.82) is 0 Å². The lowest BCUT2D eigenvalue weighted by Crippen LogP contribution is -2.30. The molecule has 2 N–H and O–H groups in total. The Morgan fingerprint density at radius 1 is 1.07 bits per heavy atom. The standard InChI is InChI=1S/C23H21N3O2/c1-26-12-11-17(13-22(26)27)23(28)25-14-19(16-7-3-2-4-8-16)20-15-24-21-10-6-5-9-18(20)21/h2-13,15,19,24H,14H2,1H3,(H,25,28)/t19-/m0/s1. The average molecular weight is 371 g/mol. The highest BCUT2D eigenvalue weighted by atomic mass is 16.2. The number of nitrogens with one attached hydrogen (secondary N) is 2. The lowest BCUT2D eigenvalue weighted by atomic mass is 9.91. The number of aromatic nitrogens is 2. The van der Waals surface area contributed by atoms with Gasteiger partial charge in [-0.05, 0) is 23.3 Å². The van der Waals surface area contributed by atoms with E-state index in [1.54, 1.807) is 19.3 Å². The van der Waals surface area contributed by atoms with E-state index < -0.39 is 0 Å². The molecule has 0 aliphatic rings. The predicted octanol–water partition coefficient (Wildman–Crippen LogP) is 3.43. The maximum Gasteiger partial charge on any atom is 0.251 e. The lowest BCUT2D eigenvalue weighted by molar-refractivity contribution is 0.0952. The first-order valence-electron chi connectivity index (χ1n) is 9.19. The Bertz CT molecular complexity index is 1180. The molecule has 4 rings (SSSR count). The first-order valence-corrected chi connectivity index (χ1v) is 9.19. The molecule has 28 heavy (non-hydrogen) atoms. The smallest absolute Gasteiger partial charge is 0.251 e. The Morgan fingerprint density at radius 3 is 2.61 bits per heavy atom. The van der Waals surface area contributed by atoms with E-state index in [1.807, 2.05) is 42.6 Å². The van der Waals surface area contributed by atoms with Crippen LogP contribution in [0.3, 0.4) is 0 Å². The minimum atomic E-state index is -0.251. The molecule has 0 bridgehead atoms. The van der Waals surface area contributed by atoms with Crippen LogP contribution in [-0.4, -0.2) is 22.0 Å². The van der Waals surface area contributed by atoms with Crippen LogP contribution in [0.4, 0.5) is 0 Å². The van der Waals surface area contributed by atoms with Gasteiger partial charge in [0.15, 0.2) is 0 Å². The van der Waals surface area contributed by atoms with Crippen LogP contribution in [0.5, 0.6) is 0 Å². The number of rotatable bonds is 5. The summed E-state index contributed by atoms with van der Waals surface area (Å²) in [4.78, 5) is 27.7. The maximum atomic E-state index is 12.6. The highest BCUT2D eigenvalue weighted by Crippen LogP contribution is 2.30. The number of aryl methyl sites for hydroxylation is 1. The Kier molecular flexibility index (Phi) is 4.81. The van der Waals surface area contributed by atoms with Crippen LogP contribution in [0.2, 0.25) is 0 Å². The first kappa shape index (κ1) is 17.8. The summed E-state index contributed by atoms with van der Waals surface area (Å²) in [5, 5.41) is 4.13. The number of fused-ring (bicyclic) bond motifs is 1. The fraction of sp³-hybridized carbons (Fsp3) is 0.130. The molecule has 0 aliphatic heterocycles. The third kappa shape index (κ3) is 3.47. The summed E-state index contributed by atoms with van der Waals surface area (Å²) in [6.07, 6.45) is 3.61. The van der Waals surface area contributed by atoms with Crippen LogP contribution in [0.1, 0.15) is 27.4 Å². The molecule has 5 nitrogen and oxygen atoms in total. The Balaban J connectivity index is 1.64. The van der Waals surface area contributed by atoms with Crippen molar-refractivity contribution >= 4 is 16.8 Å². The number of pyridine rings is 1. The minimum Gasteiger partial charge on any atom is -0.361 e. The van der Waals surface area contributed by atoms with E-state index in [0.29, 0.717) is 12.1 Å². The zero-order chi connectivity index (χ0) is 19.5. The third-order valence-electron chi connectivity index (χ3n) is 5.03. The molecule has 1 amide bonds. The van der Waals surface area contributed by atoms with Crippen molar-refractivity contribution in [1.82, 2.24) is 14.9 Å². The molecule has 0 saturated heterocycles. The molecule has 0 spiro atoms.